The molecule has 1 aromatic rings. The highest BCUT2D eigenvalue weighted by atomic mass is 32.2. The zero-order chi connectivity index (χ0) is 14.0. The first kappa shape index (κ1) is 17.1. The average Bonchev–Trinajstić information content (AvgIpc) is 2.29. The molecule has 0 aliphatic rings. The van der Waals surface area contributed by atoms with E-state index in [4.69, 9.17) is 5.14 Å². The Morgan fingerprint density at radius 1 is 1.11 bits per heavy atom. The number of nitrogens with zero attached hydrogens (tertiary/aromatic N) is 1. The number of hydrogen-bond acceptors (Lipinski definition) is 3. The maximum Gasteiger partial charge on any atom is 0.239 e. The standard InChI is InChI=1S/C7H16.C6H8N2O2S/c1-3-5-7-6-4-2;1-5-2-6(4-8-3-5)11(7,9)10/h3-7H2,1-2H3;2-4H,1H3,(H2,7,9,10). The van der Waals surface area contributed by atoms with Crippen LogP contribution < -0.4 is 5.14 Å². The van der Waals surface area contributed by atoms with E-state index in [-0.39, 0.29) is 4.90 Å². The minimum absolute atomic E-state index is 0.0532. The summed E-state index contributed by atoms with van der Waals surface area (Å²) in [6.07, 6.45) is 9.80. The molecule has 0 bridgehead atoms. The SMILES string of the molecule is CCCCCCC.Cc1cncc(S(N)(=O)=O)c1. The van der Waals surface area contributed by atoms with Crippen LogP contribution in [0.15, 0.2) is 23.4 Å². The van der Waals surface area contributed by atoms with Crippen molar-refractivity contribution in [3.05, 3.63) is 24.0 Å². The zero-order valence-electron chi connectivity index (χ0n) is 11.5. The molecule has 1 aromatic heterocycles. The van der Waals surface area contributed by atoms with Crippen molar-refractivity contribution in [2.24, 2.45) is 5.14 Å². The summed E-state index contributed by atoms with van der Waals surface area (Å²) in [5.74, 6) is 0. The van der Waals surface area contributed by atoms with Crippen molar-refractivity contribution in [3.8, 4) is 0 Å². The lowest BCUT2D eigenvalue weighted by molar-refractivity contribution is 0.597. The number of aromatic nitrogens is 1. The smallest absolute Gasteiger partial charge is 0.239 e. The Balaban J connectivity index is 0.000000360. The molecule has 0 saturated heterocycles. The van der Waals surface area contributed by atoms with Crippen molar-refractivity contribution in [1.82, 2.24) is 4.98 Å². The van der Waals surface area contributed by atoms with Crippen molar-refractivity contribution in [2.45, 2.75) is 57.8 Å². The van der Waals surface area contributed by atoms with Gasteiger partial charge >= 0.3 is 0 Å². The van der Waals surface area contributed by atoms with Gasteiger partial charge in [0.2, 0.25) is 10.0 Å². The molecule has 0 aliphatic carbocycles. The third kappa shape index (κ3) is 8.20. The molecule has 0 unspecified atom stereocenters. The lowest BCUT2D eigenvalue weighted by Crippen LogP contribution is -2.12. The van der Waals surface area contributed by atoms with Crippen LogP contribution in [0.2, 0.25) is 0 Å². The summed E-state index contributed by atoms with van der Waals surface area (Å²) in [5, 5.41) is 4.86. The highest BCUT2D eigenvalue weighted by Gasteiger charge is 2.06. The Hall–Kier alpha value is -0.940. The number of unbranched alkanes of at least 4 members (excludes halogenated alkanes) is 4. The zero-order valence-corrected chi connectivity index (χ0v) is 12.3. The van der Waals surface area contributed by atoms with Crippen LogP contribution >= 0.6 is 0 Å². The van der Waals surface area contributed by atoms with Gasteiger partial charge in [-0.15, -0.1) is 0 Å². The number of rotatable bonds is 5. The van der Waals surface area contributed by atoms with E-state index in [0.717, 1.165) is 5.56 Å². The highest BCUT2D eigenvalue weighted by molar-refractivity contribution is 7.89. The van der Waals surface area contributed by atoms with Crippen molar-refractivity contribution in [1.29, 1.82) is 0 Å². The van der Waals surface area contributed by atoms with Crippen LogP contribution in [0, 0.1) is 6.92 Å². The molecule has 2 N–H and O–H groups in total. The minimum Gasteiger partial charge on any atom is -0.263 e. The van der Waals surface area contributed by atoms with Gasteiger partial charge in [0.05, 0.1) is 0 Å². The number of primary sulfonamides is 1. The molecule has 1 rings (SSSR count). The van der Waals surface area contributed by atoms with Crippen LogP contribution in [0.1, 0.15) is 51.5 Å². The van der Waals surface area contributed by atoms with E-state index in [1.54, 1.807) is 13.1 Å². The molecule has 4 nitrogen and oxygen atoms in total. The number of nitrogens with two attached hydrogens (primary N) is 1. The van der Waals surface area contributed by atoms with Crippen LogP contribution in [0.25, 0.3) is 0 Å². The monoisotopic (exact) mass is 272 g/mol. The fourth-order valence-electron chi connectivity index (χ4n) is 1.36. The molecule has 0 aromatic carbocycles. The lowest BCUT2D eigenvalue weighted by atomic mass is 10.2. The van der Waals surface area contributed by atoms with Gasteiger partial charge in [-0.2, -0.15) is 0 Å². The average molecular weight is 272 g/mol. The van der Waals surface area contributed by atoms with Gasteiger partial charge in [0, 0.05) is 12.4 Å². The molecule has 0 spiro atoms. The molecule has 104 valence electrons. The van der Waals surface area contributed by atoms with Crippen LogP contribution in [-0.4, -0.2) is 13.4 Å². The number of hydrogen-bond donors (Lipinski definition) is 1. The first-order chi connectivity index (χ1) is 8.41. The number of pyridine rings is 1. The predicted octanol–water partition coefficient (Wildman–Crippen LogP) is 3.01. The Labute approximate surface area is 111 Å². The number of sulfonamides is 1. The fourth-order valence-corrected chi connectivity index (χ4v) is 1.92. The van der Waals surface area contributed by atoms with Gasteiger partial charge in [0.15, 0.2) is 0 Å². The van der Waals surface area contributed by atoms with Crippen molar-refractivity contribution < 1.29 is 8.42 Å². The molecular weight excluding hydrogens is 248 g/mol. The molecule has 0 fully saturated rings. The molecule has 18 heavy (non-hydrogen) atoms. The van der Waals surface area contributed by atoms with E-state index in [2.05, 4.69) is 18.8 Å². The van der Waals surface area contributed by atoms with Crippen LogP contribution in [0.3, 0.4) is 0 Å². The molecule has 0 amide bonds. The maximum absolute atomic E-state index is 10.7. The minimum atomic E-state index is -3.59. The first-order valence-electron chi connectivity index (χ1n) is 6.36. The maximum atomic E-state index is 10.7. The summed E-state index contributed by atoms with van der Waals surface area (Å²) >= 11 is 0. The quantitative estimate of drug-likeness (QED) is 0.837. The molecule has 0 aliphatic heterocycles. The highest BCUT2D eigenvalue weighted by Crippen LogP contribution is 2.05. The van der Waals surface area contributed by atoms with Gasteiger partial charge in [-0.1, -0.05) is 46.0 Å². The first-order valence-corrected chi connectivity index (χ1v) is 7.90. The van der Waals surface area contributed by atoms with E-state index in [1.807, 2.05) is 0 Å². The summed E-state index contributed by atoms with van der Waals surface area (Å²) in [5.41, 5.74) is 0.775. The van der Waals surface area contributed by atoms with E-state index in [1.165, 1.54) is 44.4 Å². The second-order valence-corrected chi connectivity index (χ2v) is 5.87. The molecular formula is C13H24N2O2S. The van der Waals surface area contributed by atoms with E-state index < -0.39 is 10.0 Å². The Morgan fingerprint density at radius 3 is 2.00 bits per heavy atom. The summed E-state index contributed by atoms with van der Waals surface area (Å²) in [6.45, 7) is 6.24. The van der Waals surface area contributed by atoms with Gasteiger partial charge in [-0.3, -0.25) is 4.98 Å². The summed E-state index contributed by atoms with van der Waals surface area (Å²) < 4.78 is 21.4. The topological polar surface area (TPSA) is 73.0 Å². The second kappa shape index (κ2) is 9.05. The van der Waals surface area contributed by atoms with E-state index >= 15 is 0 Å². The van der Waals surface area contributed by atoms with Crippen molar-refractivity contribution in [2.75, 3.05) is 0 Å². The molecule has 0 saturated carbocycles. The third-order valence-corrected chi connectivity index (χ3v) is 3.27. The predicted molar refractivity (Wildman–Crippen MR) is 74.8 cm³/mol. The summed E-state index contributed by atoms with van der Waals surface area (Å²) in [4.78, 5) is 3.74. The van der Waals surface area contributed by atoms with Crippen molar-refractivity contribution >= 4 is 10.0 Å². The third-order valence-electron chi connectivity index (χ3n) is 2.39. The normalized spacial score (nSPS) is 10.7. The fraction of sp³-hybridized carbons (Fsp3) is 0.615. The van der Waals surface area contributed by atoms with E-state index in [9.17, 15) is 8.42 Å². The lowest BCUT2D eigenvalue weighted by Gasteiger charge is -1.96. The van der Waals surface area contributed by atoms with Crippen LogP contribution in [0.4, 0.5) is 0 Å². The van der Waals surface area contributed by atoms with Gasteiger partial charge in [0.1, 0.15) is 4.90 Å². The summed E-state index contributed by atoms with van der Waals surface area (Å²) in [7, 11) is -3.59. The molecule has 5 heteroatoms. The van der Waals surface area contributed by atoms with Gasteiger partial charge in [-0.05, 0) is 18.6 Å². The van der Waals surface area contributed by atoms with Crippen molar-refractivity contribution in [3.63, 3.8) is 0 Å². The largest absolute Gasteiger partial charge is 0.263 e. The molecule has 0 atom stereocenters. The molecule has 1 heterocycles. The molecule has 0 radical (unpaired) electrons. The second-order valence-electron chi connectivity index (χ2n) is 4.30. The number of aryl methyl sites for hydroxylation is 1. The Bertz CT molecular complexity index is 426. The Kier molecular flexibility index (Phi) is 8.58. The Morgan fingerprint density at radius 2 is 1.67 bits per heavy atom. The van der Waals surface area contributed by atoms with Gasteiger partial charge in [-0.25, -0.2) is 13.6 Å². The van der Waals surface area contributed by atoms with Crippen LogP contribution in [0.5, 0.6) is 0 Å². The van der Waals surface area contributed by atoms with Crippen LogP contribution in [-0.2, 0) is 10.0 Å². The van der Waals surface area contributed by atoms with E-state index in [0.29, 0.717) is 0 Å². The van der Waals surface area contributed by atoms with Gasteiger partial charge < -0.3 is 0 Å². The van der Waals surface area contributed by atoms with Gasteiger partial charge in [0.25, 0.3) is 0 Å². The summed E-state index contributed by atoms with van der Waals surface area (Å²) in [6, 6.07) is 1.47.